The Morgan fingerprint density at radius 1 is 1.16 bits per heavy atom. The second kappa shape index (κ2) is 7.07. The summed E-state index contributed by atoms with van der Waals surface area (Å²) in [7, 11) is 0. The van der Waals surface area contributed by atoms with Gasteiger partial charge in [0.05, 0.1) is 29.5 Å². The number of nitriles is 2. The van der Waals surface area contributed by atoms with Gasteiger partial charge in [0.15, 0.2) is 0 Å². The number of fused-ring (bicyclic) bond motifs is 1. The van der Waals surface area contributed by atoms with Crippen LogP contribution in [0.5, 0.6) is 0 Å². The SMILES string of the molecule is N#CC(C#N)=NNc1ccc2ncn(Cc3ccccc3)c(=O)c2c1. The average molecular weight is 328 g/mol. The van der Waals surface area contributed by atoms with Crippen LogP contribution in [0.4, 0.5) is 5.69 Å². The van der Waals surface area contributed by atoms with Gasteiger partial charge >= 0.3 is 0 Å². The fraction of sp³-hybridized carbons (Fsp3) is 0.0556. The summed E-state index contributed by atoms with van der Waals surface area (Å²) in [5.41, 5.74) is 4.18. The Morgan fingerprint density at radius 3 is 2.64 bits per heavy atom. The highest BCUT2D eigenvalue weighted by molar-refractivity contribution is 6.10. The molecule has 0 spiro atoms. The van der Waals surface area contributed by atoms with E-state index in [-0.39, 0.29) is 11.3 Å². The van der Waals surface area contributed by atoms with Gasteiger partial charge in [-0.2, -0.15) is 15.6 Å². The van der Waals surface area contributed by atoms with Gasteiger partial charge in [-0.25, -0.2) is 4.98 Å². The Balaban J connectivity index is 1.97. The van der Waals surface area contributed by atoms with Crippen LogP contribution in [0.25, 0.3) is 10.9 Å². The second-order valence-electron chi connectivity index (χ2n) is 5.19. The summed E-state index contributed by atoms with van der Waals surface area (Å²) in [6.45, 7) is 0.422. The van der Waals surface area contributed by atoms with Crippen LogP contribution in [-0.4, -0.2) is 15.3 Å². The number of hydrazone groups is 1. The molecule has 25 heavy (non-hydrogen) atoms. The molecule has 3 aromatic rings. The summed E-state index contributed by atoms with van der Waals surface area (Å²) >= 11 is 0. The molecule has 2 aromatic carbocycles. The normalized spacial score (nSPS) is 9.84. The summed E-state index contributed by atoms with van der Waals surface area (Å²) in [6.07, 6.45) is 1.52. The molecule has 0 aliphatic rings. The number of nitrogens with zero attached hydrogens (tertiary/aromatic N) is 5. The third-order valence-electron chi connectivity index (χ3n) is 3.53. The van der Waals surface area contributed by atoms with Gasteiger partial charge in [-0.3, -0.25) is 14.8 Å². The lowest BCUT2D eigenvalue weighted by atomic mass is 10.2. The summed E-state index contributed by atoms with van der Waals surface area (Å²) in [5.74, 6) is 0. The number of hydrogen-bond acceptors (Lipinski definition) is 6. The van der Waals surface area contributed by atoms with E-state index in [1.807, 2.05) is 30.3 Å². The average Bonchev–Trinajstić information content (AvgIpc) is 2.66. The zero-order valence-electron chi connectivity index (χ0n) is 13.0. The highest BCUT2D eigenvalue weighted by Gasteiger charge is 2.06. The molecular weight excluding hydrogens is 316 g/mol. The van der Waals surface area contributed by atoms with Crippen molar-refractivity contribution in [1.82, 2.24) is 9.55 Å². The standard InChI is InChI=1S/C18H12N6O/c19-9-15(10-20)23-22-14-6-7-17-16(8-14)18(25)24(12-21-17)11-13-4-2-1-3-5-13/h1-8,12,22H,11H2. The van der Waals surface area contributed by atoms with Crippen LogP contribution in [0.15, 0.2) is 64.8 Å². The van der Waals surface area contributed by atoms with Crippen molar-refractivity contribution in [3.63, 3.8) is 0 Å². The fourth-order valence-electron chi connectivity index (χ4n) is 2.32. The maximum absolute atomic E-state index is 12.7. The van der Waals surface area contributed by atoms with Gasteiger partial charge < -0.3 is 0 Å². The van der Waals surface area contributed by atoms with Gasteiger partial charge in [0.25, 0.3) is 5.56 Å². The lowest BCUT2D eigenvalue weighted by Crippen LogP contribution is -2.21. The predicted molar refractivity (Wildman–Crippen MR) is 93.8 cm³/mol. The molecule has 0 atom stereocenters. The molecule has 0 saturated heterocycles. The smallest absolute Gasteiger partial charge is 0.261 e. The Labute approximate surface area is 143 Å². The molecule has 0 radical (unpaired) electrons. The zero-order chi connectivity index (χ0) is 17.6. The predicted octanol–water partition coefficient (Wildman–Crippen LogP) is 2.26. The fourth-order valence-corrected chi connectivity index (χ4v) is 2.32. The lowest BCUT2D eigenvalue weighted by molar-refractivity contribution is 0.748. The van der Waals surface area contributed by atoms with Gasteiger partial charge in [0.1, 0.15) is 12.1 Å². The van der Waals surface area contributed by atoms with E-state index >= 15 is 0 Å². The number of aromatic nitrogens is 2. The molecule has 0 bridgehead atoms. The minimum absolute atomic E-state index is 0.178. The largest absolute Gasteiger partial charge is 0.294 e. The van der Waals surface area contributed by atoms with Crippen molar-refractivity contribution in [3.05, 3.63) is 70.8 Å². The van der Waals surface area contributed by atoms with Crippen LogP contribution in [0, 0.1) is 22.7 Å². The van der Waals surface area contributed by atoms with E-state index in [0.29, 0.717) is 23.1 Å². The molecule has 0 amide bonds. The minimum Gasteiger partial charge on any atom is -0.294 e. The Hall–Kier alpha value is -3.97. The Morgan fingerprint density at radius 2 is 1.92 bits per heavy atom. The summed E-state index contributed by atoms with van der Waals surface area (Å²) in [6, 6.07) is 17.9. The molecule has 0 unspecified atom stereocenters. The van der Waals surface area contributed by atoms with Gasteiger partial charge in [0, 0.05) is 0 Å². The first-order valence-corrected chi connectivity index (χ1v) is 7.38. The molecule has 1 heterocycles. The molecule has 3 rings (SSSR count). The third-order valence-corrected chi connectivity index (χ3v) is 3.53. The van der Waals surface area contributed by atoms with Crippen molar-refractivity contribution in [2.24, 2.45) is 5.10 Å². The van der Waals surface area contributed by atoms with Gasteiger partial charge in [-0.1, -0.05) is 30.3 Å². The first kappa shape index (κ1) is 15.9. The van der Waals surface area contributed by atoms with Gasteiger partial charge in [-0.05, 0) is 23.8 Å². The summed E-state index contributed by atoms with van der Waals surface area (Å²) in [4.78, 5) is 17.0. The number of benzene rings is 2. The van der Waals surface area contributed by atoms with Crippen molar-refractivity contribution in [1.29, 1.82) is 10.5 Å². The van der Waals surface area contributed by atoms with Crippen LogP contribution < -0.4 is 11.0 Å². The van der Waals surface area contributed by atoms with E-state index in [9.17, 15) is 4.79 Å². The van der Waals surface area contributed by atoms with Crippen LogP contribution in [0.3, 0.4) is 0 Å². The van der Waals surface area contributed by atoms with Crippen molar-refractivity contribution < 1.29 is 0 Å². The zero-order valence-corrected chi connectivity index (χ0v) is 13.0. The molecule has 7 heteroatoms. The highest BCUT2D eigenvalue weighted by Crippen LogP contribution is 2.14. The molecule has 0 fully saturated rings. The quantitative estimate of drug-likeness (QED) is 0.584. The molecule has 0 aliphatic heterocycles. The van der Waals surface area contributed by atoms with Crippen LogP contribution >= 0.6 is 0 Å². The Bertz CT molecular complexity index is 1070. The second-order valence-corrected chi connectivity index (χ2v) is 5.19. The molecule has 7 nitrogen and oxygen atoms in total. The van der Waals surface area contributed by atoms with Crippen LogP contribution in [0.2, 0.25) is 0 Å². The van der Waals surface area contributed by atoms with E-state index in [2.05, 4.69) is 15.5 Å². The van der Waals surface area contributed by atoms with Crippen LogP contribution in [-0.2, 0) is 6.54 Å². The minimum atomic E-state index is -0.298. The molecule has 120 valence electrons. The van der Waals surface area contributed by atoms with Crippen molar-refractivity contribution in [2.75, 3.05) is 5.43 Å². The lowest BCUT2D eigenvalue weighted by Gasteiger charge is -2.08. The number of anilines is 1. The first-order chi connectivity index (χ1) is 12.2. The molecule has 0 aliphatic carbocycles. The molecule has 1 aromatic heterocycles. The van der Waals surface area contributed by atoms with Gasteiger partial charge in [-0.15, -0.1) is 0 Å². The molecular formula is C18H12N6O. The van der Waals surface area contributed by atoms with Crippen molar-refractivity contribution in [2.45, 2.75) is 6.54 Å². The topological polar surface area (TPSA) is 107 Å². The molecule has 1 N–H and O–H groups in total. The van der Waals surface area contributed by atoms with E-state index in [0.717, 1.165) is 5.56 Å². The van der Waals surface area contributed by atoms with E-state index in [1.54, 1.807) is 30.3 Å². The van der Waals surface area contributed by atoms with E-state index in [1.165, 1.54) is 10.9 Å². The van der Waals surface area contributed by atoms with E-state index in [4.69, 9.17) is 10.5 Å². The van der Waals surface area contributed by atoms with Crippen LogP contribution in [0.1, 0.15) is 5.56 Å². The van der Waals surface area contributed by atoms with Crippen molar-refractivity contribution in [3.8, 4) is 12.1 Å². The number of rotatable bonds is 4. The summed E-state index contributed by atoms with van der Waals surface area (Å²) in [5, 5.41) is 21.5. The maximum Gasteiger partial charge on any atom is 0.261 e. The third kappa shape index (κ3) is 3.52. The number of hydrogen-bond donors (Lipinski definition) is 1. The summed E-state index contributed by atoms with van der Waals surface area (Å²) < 4.78 is 1.53. The highest BCUT2D eigenvalue weighted by atomic mass is 16.1. The monoisotopic (exact) mass is 328 g/mol. The van der Waals surface area contributed by atoms with Crippen molar-refractivity contribution >= 4 is 22.3 Å². The number of nitrogens with one attached hydrogen (secondary N) is 1. The Kier molecular flexibility index (Phi) is 4.50. The van der Waals surface area contributed by atoms with Gasteiger partial charge in [0.2, 0.25) is 5.71 Å². The molecule has 0 saturated carbocycles. The van der Waals surface area contributed by atoms with E-state index < -0.39 is 0 Å². The first-order valence-electron chi connectivity index (χ1n) is 7.38. The maximum atomic E-state index is 12.7.